The number of anilines is 2. The molecule has 2 aromatic rings. The second-order valence-corrected chi connectivity index (χ2v) is 7.07. The zero-order valence-corrected chi connectivity index (χ0v) is 16.2. The second kappa shape index (κ2) is 8.06. The number of rotatable bonds is 5. The van der Waals surface area contributed by atoms with Gasteiger partial charge in [0.1, 0.15) is 0 Å². The minimum atomic E-state index is -0.0208. The zero-order valence-electron chi connectivity index (χ0n) is 16.2. The highest BCUT2D eigenvalue weighted by molar-refractivity contribution is 5.91. The van der Waals surface area contributed by atoms with Crippen molar-refractivity contribution < 1.29 is 4.79 Å². The van der Waals surface area contributed by atoms with Gasteiger partial charge in [0.05, 0.1) is 6.54 Å². The first-order valence-electron chi connectivity index (χ1n) is 8.64. The van der Waals surface area contributed by atoms with Gasteiger partial charge in [0.25, 0.3) is 0 Å². The van der Waals surface area contributed by atoms with Gasteiger partial charge in [-0.05, 0) is 41.3 Å². The largest absolute Gasteiger partial charge is 0.378 e. The van der Waals surface area contributed by atoms with Gasteiger partial charge in [0.15, 0.2) is 0 Å². The van der Waals surface area contributed by atoms with E-state index in [2.05, 4.69) is 49.1 Å². The van der Waals surface area contributed by atoms with E-state index in [1.165, 1.54) is 5.56 Å². The lowest BCUT2D eigenvalue weighted by atomic mass is 10.0. The van der Waals surface area contributed by atoms with E-state index >= 15 is 0 Å². The van der Waals surface area contributed by atoms with Crippen LogP contribution in [0.25, 0.3) is 0 Å². The number of hydrogen-bond acceptors (Lipinski definition) is 2. The molecule has 0 spiro atoms. The molecule has 0 radical (unpaired) electrons. The van der Waals surface area contributed by atoms with Gasteiger partial charge in [0, 0.05) is 39.6 Å². The van der Waals surface area contributed by atoms with Crippen molar-refractivity contribution in [3.05, 3.63) is 59.7 Å². The molecule has 0 N–H and O–H groups in total. The van der Waals surface area contributed by atoms with Crippen molar-refractivity contribution in [3.8, 4) is 0 Å². The third kappa shape index (κ3) is 4.75. The maximum atomic E-state index is 12.7. The first-order chi connectivity index (χ1) is 11.8. The van der Waals surface area contributed by atoms with Gasteiger partial charge in [-0.15, -0.1) is 0 Å². The molecule has 0 atom stereocenters. The molecule has 2 amide bonds. The van der Waals surface area contributed by atoms with Crippen LogP contribution in [0.3, 0.4) is 0 Å². The number of carbonyl (C=O) groups excluding carboxylic acids is 1. The van der Waals surface area contributed by atoms with Crippen LogP contribution in [0.4, 0.5) is 16.2 Å². The summed E-state index contributed by atoms with van der Waals surface area (Å²) >= 11 is 0. The lowest BCUT2D eigenvalue weighted by Gasteiger charge is -2.27. The molecule has 0 unspecified atom stereocenters. The monoisotopic (exact) mass is 339 g/mol. The van der Waals surface area contributed by atoms with Gasteiger partial charge < -0.3 is 9.80 Å². The van der Waals surface area contributed by atoms with E-state index in [1.54, 1.807) is 19.0 Å². The summed E-state index contributed by atoms with van der Waals surface area (Å²) in [5.74, 6) is 0.476. The van der Waals surface area contributed by atoms with E-state index in [9.17, 15) is 4.79 Å². The molecule has 0 aliphatic heterocycles. The molecule has 0 bridgehead atoms. The fourth-order valence-electron chi connectivity index (χ4n) is 2.67. The Labute approximate surface area is 151 Å². The van der Waals surface area contributed by atoms with Crippen molar-refractivity contribution >= 4 is 17.4 Å². The van der Waals surface area contributed by atoms with Crippen LogP contribution in [0, 0.1) is 0 Å². The first kappa shape index (κ1) is 18.8. The number of hydrogen-bond donors (Lipinski definition) is 0. The fourth-order valence-corrected chi connectivity index (χ4v) is 2.67. The number of benzene rings is 2. The van der Waals surface area contributed by atoms with E-state index in [4.69, 9.17) is 0 Å². The van der Waals surface area contributed by atoms with Crippen LogP contribution in [0.2, 0.25) is 0 Å². The van der Waals surface area contributed by atoms with Crippen molar-refractivity contribution in [2.45, 2.75) is 26.3 Å². The van der Waals surface area contributed by atoms with Gasteiger partial charge in [-0.25, -0.2) is 4.79 Å². The predicted molar refractivity (Wildman–Crippen MR) is 107 cm³/mol. The van der Waals surface area contributed by atoms with E-state index in [0.29, 0.717) is 12.5 Å². The number of urea groups is 1. The van der Waals surface area contributed by atoms with E-state index in [-0.39, 0.29) is 6.03 Å². The summed E-state index contributed by atoms with van der Waals surface area (Å²) in [5, 5.41) is 0. The fraction of sp³-hybridized carbons (Fsp3) is 0.381. The summed E-state index contributed by atoms with van der Waals surface area (Å²) in [6.45, 7) is 4.88. The Balaban J connectivity index is 2.33. The normalized spacial score (nSPS) is 10.7. The number of carbonyl (C=O) groups is 1. The molecule has 0 aliphatic rings. The third-order valence-corrected chi connectivity index (χ3v) is 4.25. The maximum Gasteiger partial charge on any atom is 0.324 e. The first-order valence-corrected chi connectivity index (χ1v) is 8.64. The molecule has 0 fully saturated rings. The van der Waals surface area contributed by atoms with Crippen molar-refractivity contribution in [2.24, 2.45) is 0 Å². The summed E-state index contributed by atoms with van der Waals surface area (Å²) in [6.07, 6.45) is 0. The SMILES string of the molecule is CC(C)c1ccc(N(Cc2cccc(N(C)C)c2)C(=O)N(C)C)cc1. The lowest BCUT2D eigenvalue weighted by molar-refractivity contribution is 0.223. The molecule has 0 saturated carbocycles. The van der Waals surface area contributed by atoms with Crippen LogP contribution in [0.15, 0.2) is 48.5 Å². The molecular weight excluding hydrogens is 310 g/mol. The van der Waals surface area contributed by atoms with Crippen LogP contribution in [0.5, 0.6) is 0 Å². The zero-order chi connectivity index (χ0) is 18.6. The molecule has 0 aromatic heterocycles. The quantitative estimate of drug-likeness (QED) is 0.798. The predicted octanol–water partition coefficient (Wildman–Crippen LogP) is 4.56. The smallest absolute Gasteiger partial charge is 0.324 e. The van der Waals surface area contributed by atoms with Gasteiger partial charge >= 0.3 is 6.03 Å². The topological polar surface area (TPSA) is 26.8 Å². The molecule has 2 rings (SSSR count). The maximum absolute atomic E-state index is 12.7. The van der Waals surface area contributed by atoms with Crippen LogP contribution in [-0.2, 0) is 6.54 Å². The Bertz CT molecular complexity index is 705. The highest BCUT2D eigenvalue weighted by Crippen LogP contribution is 2.24. The van der Waals surface area contributed by atoms with Crippen LogP contribution in [0.1, 0.15) is 30.9 Å². The Morgan fingerprint density at radius 3 is 2.08 bits per heavy atom. The van der Waals surface area contributed by atoms with Gasteiger partial charge in [-0.2, -0.15) is 0 Å². The van der Waals surface area contributed by atoms with Crippen LogP contribution >= 0.6 is 0 Å². The minimum Gasteiger partial charge on any atom is -0.378 e. The second-order valence-electron chi connectivity index (χ2n) is 7.07. The minimum absolute atomic E-state index is 0.0208. The Morgan fingerprint density at radius 1 is 0.920 bits per heavy atom. The van der Waals surface area contributed by atoms with Crippen molar-refractivity contribution in [2.75, 3.05) is 38.0 Å². The molecule has 0 saturated heterocycles. The lowest BCUT2D eigenvalue weighted by Crippen LogP contribution is -2.38. The highest BCUT2D eigenvalue weighted by atomic mass is 16.2. The molecule has 0 heterocycles. The summed E-state index contributed by atoms with van der Waals surface area (Å²) < 4.78 is 0. The molecule has 4 nitrogen and oxygen atoms in total. The van der Waals surface area contributed by atoms with Crippen LogP contribution < -0.4 is 9.80 Å². The third-order valence-electron chi connectivity index (χ3n) is 4.25. The molecular formula is C21H29N3O. The van der Waals surface area contributed by atoms with E-state index in [1.807, 2.05) is 37.2 Å². The standard InChI is InChI=1S/C21H29N3O/c1-16(2)18-10-12-19(13-11-18)24(21(25)23(5)6)15-17-8-7-9-20(14-17)22(3)4/h7-14,16H,15H2,1-6H3. The molecule has 2 aromatic carbocycles. The Morgan fingerprint density at radius 2 is 1.56 bits per heavy atom. The highest BCUT2D eigenvalue weighted by Gasteiger charge is 2.18. The van der Waals surface area contributed by atoms with Crippen molar-refractivity contribution in [1.29, 1.82) is 0 Å². The number of amides is 2. The molecule has 25 heavy (non-hydrogen) atoms. The molecule has 4 heteroatoms. The van der Waals surface area contributed by atoms with E-state index in [0.717, 1.165) is 16.9 Å². The van der Waals surface area contributed by atoms with Gasteiger partial charge in [-0.3, -0.25) is 4.90 Å². The number of nitrogens with zero attached hydrogens (tertiary/aromatic N) is 3. The Kier molecular flexibility index (Phi) is 6.07. The summed E-state index contributed by atoms with van der Waals surface area (Å²) in [7, 11) is 7.61. The molecule has 0 aliphatic carbocycles. The summed E-state index contributed by atoms with van der Waals surface area (Å²) in [6, 6.07) is 16.5. The van der Waals surface area contributed by atoms with Gasteiger partial charge in [-0.1, -0.05) is 38.1 Å². The van der Waals surface area contributed by atoms with Crippen molar-refractivity contribution in [3.63, 3.8) is 0 Å². The Hall–Kier alpha value is -2.49. The average molecular weight is 339 g/mol. The average Bonchev–Trinajstić information content (AvgIpc) is 2.59. The van der Waals surface area contributed by atoms with E-state index < -0.39 is 0 Å². The van der Waals surface area contributed by atoms with Crippen LogP contribution in [-0.4, -0.2) is 39.1 Å². The summed E-state index contributed by atoms with van der Waals surface area (Å²) in [4.78, 5) is 18.2. The summed E-state index contributed by atoms with van der Waals surface area (Å²) in [5.41, 5.74) is 4.42. The van der Waals surface area contributed by atoms with Gasteiger partial charge in [0.2, 0.25) is 0 Å². The van der Waals surface area contributed by atoms with Crippen molar-refractivity contribution in [1.82, 2.24) is 4.90 Å². The molecule has 134 valence electrons.